The van der Waals surface area contributed by atoms with Crippen molar-refractivity contribution in [2.24, 2.45) is 22.2 Å². The van der Waals surface area contributed by atoms with Gasteiger partial charge in [0.25, 0.3) is 0 Å². The Kier molecular flexibility index (Phi) is 8.21. The predicted molar refractivity (Wildman–Crippen MR) is 153 cm³/mol. The first kappa shape index (κ1) is 30.1. The highest BCUT2D eigenvalue weighted by molar-refractivity contribution is 6.35. The van der Waals surface area contributed by atoms with Gasteiger partial charge in [-0.3, -0.25) is 14.4 Å². The second kappa shape index (κ2) is 10.6. The lowest BCUT2D eigenvalue weighted by Crippen LogP contribution is -2.67. The number of phenolic OH excluding ortho intramolecular Hbond substituents is 2. The average molecular weight is 535 g/mol. The normalized spacial score (nSPS) is 25.7. The third-order valence-electron chi connectivity index (χ3n) is 8.79. The molecule has 0 radical (unpaired) electrons. The Morgan fingerprint density at radius 1 is 0.872 bits per heavy atom. The zero-order chi connectivity index (χ0) is 29.5. The molecule has 2 bridgehead atoms. The zero-order valence-corrected chi connectivity index (χ0v) is 24.4. The van der Waals surface area contributed by atoms with Gasteiger partial charge in [0.15, 0.2) is 28.8 Å². The Labute approximate surface area is 231 Å². The van der Waals surface area contributed by atoms with E-state index in [-0.39, 0.29) is 30.1 Å². The Balaban J connectivity index is 2.43. The molecule has 0 heterocycles. The van der Waals surface area contributed by atoms with Crippen molar-refractivity contribution in [3.63, 3.8) is 0 Å². The lowest BCUT2D eigenvalue weighted by atomic mass is 9.40. The van der Waals surface area contributed by atoms with Gasteiger partial charge in [0.1, 0.15) is 16.7 Å². The molecule has 1 fully saturated rings. The highest BCUT2D eigenvalue weighted by Gasteiger charge is 2.72. The smallest absolute Gasteiger partial charge is 0.200 e. The molecule has 210 valence electrons. The van der Waals surface area contributed by atoms with Gasteiger partial charge in [-0.05, 0) is 96.8 Å². The van der Waals surface area contributed by atoms with Crippen LogP contribution in [-0.4, -0.2) is 32.7 Å². The first-order valence-corrected chi connectivity index (χ1v) is 13.5. The minimum atomic E-state index is -1.58. The number of phenols is 2. The number of rotatable bonds is 8. The van der Waals surface area contributed by atoms with Gasteiger partial charge in [0, 0.05) is 5.56 Å². The van der Waals surface area contributed by atoms with Crippen molar-refractivity contribution in [1.29, 1.82) is 0 Å². The summed E-state index contributed by atoms with van der Waals surface area (Å²) in [5.41, 5.74) is -1.29. The van der Waals surface area contributed by atoms with E-state index >= 15 is 0 Å². The molecule has 6 nitrogen and oxygen atoms in total. The summed E-state index contributed by atoms with van der Waals surface area (Å²) in [6.45, 7) is 15.5. The zero-order valence-electron chi connectivity index (χ0n) is 24.4. The monoisotopic (exact) mass is 534 g/mol. The number of benzene rings is 1. The molecule has 2 aliphatic carbocycles. The topological polar surface area (TPSA) is 112 Å². The maximum atomic E-state index is 14.7. The van der Waals surface area contributed by atoms with Crippen LogP contribution in [-0.2, 0) is 9.59 Å². The fourth-order valence-corrected chi connectivity index (χ4v) is 6.21. The molecule has 2 aliphatic rings. The van der Waals surface area contributed by atoms with E-state index in [0.29, 0.717) is 12.8 Å². The molecule has 1 aromatic rings. The average Bonchev–Trinajstić information content (AvgIpc) is 2.83. The third-order valence-corrected chi connectivity index (χ3v) is 8.79. The SMILES string of the molecule is CC(C)=CC[C@@H]1C[C@]2(CC=C(C)C)C(=O)[C@@](CC=C(C)C)(C(=O)C(C(=O)c3ccc(O)c(O)c3)=C2O)C1(C)C. The van der Waals surface area contributed by atoms with Crippen molar-refractivity contribution < 1.29 is 29.7 Å². The summed E-state index contributed by atoms with van der Waals surface area (Å²) in [6, 6.07) is 3.54. The molecule has 0 amide bonds. The van der Waals surface area contributed by atoms with E-state index in [1.165, 1.54) is 6.07 Å². The van der Waals surface area contributed by atoms with Crippen LogP contribution in [0.4, 0.5) is 0 Å². The van der Waals surface area contributed by atoms with Crippen LogP contribution in [0, 0.1) is 22.2 Å². The lowest BCUT2D eigenvalue weighted by Gasteiger charge is -2.60. The van der Waals surface area contributed by atoms with E-state index < -0.39 is 50.6 Å². The Bertz CT molecular complexity index is 1330. The second-order valence-corrected chi connectivity index (χ2v) is 12.5. The van der Waals surface area contributed by atoms with Crippen molar-refractivity contribution in [3.05, 3.63) is 70.0 Å². The van der Waals surface area contributed by atoms with Crippen LogP contribution in [0.2, 0.25) is 0 Å². The van der Waals surface area contributed by atoms with Crippen LogP contribution in [0.5, 0.6) is 11.5 Å². The quantitative estimate of drug-likeness (QED) is 0.106. The molecule has 0 aromatic heterocycles. The summed E-state index contributed by atoms with van der Waals surface area (Å²) in [7, 11) is 0. The van der Waals surface area contributed by atoms with Gasteiger partial charge >= 0.3 is 0 Å². The van der Waals surface area contributed by atoms with Gasteiger partial charge in [-0.15, -0.1) is 0 Å². The van der Waals surface area contributed by atoms with Gasteiger partial charge < -0.3 is 15.3 Å². The molecular weight excluding hydrogens is 492 g/mol. The van der Waals surface area contributed by atoms with Crippen molar-refractivity contribution >= 4 is 17.3 Å². The summed E-state index contributed by atoms with van der Waals surface area (Å²) in [5.74, 6) is -3.33. The summed E-state index contributed by atoms with van der Waals surface area (Å²) in [4.78, 5) is 43.2. The first-order chi connectivity index (χ1) is 18.0. The highest BCUT2D eigenvalue weighted by atomic mass is 16.3. The van der Waals surface area contributed by atoms with Gasteiger partial charge in [0.05, 0.1) is 5.41 Å². The number of hydrogen-bond acceptors (Lipinski definition) is 6. The number of carbonyl (C=O) groups excluding carboxylic acids is 3. The van der Waals surface area contributed by atoms with Crippen LogP contribution in [0.25, 0.3) is 0 Å². The van der Waals surface area contributed by atoms with Gasteiger partial charge in [0.2, 0.25) is 0 Å². The maximum absolute atomic E-state index is 14.7. The van der Waals surface area contributed by atoms with Crippen molar-refractivity contribution in [2.45, 2.75) is 81.1 Å². The van der Waals surface area contributed by atoms with Crippen molar-refractivity contribution in [1.82, 2.24) is 0 Å². The van der Waals surface area contributed by atoms with Crippen LogP contribution >= 0.6 is 0 Å². The van der Waals surface area contributed by atoms with E-state index in [1.54, 1.807) is 0 Å². The number of aliphatic hydroxyl groups is 1. The predicted octanol–water partition coefficient (Wildman–Crippen LogP) is 7.33. The summed E-state index contributed by atoms with van der Waals surface area (Å²) >= 11 is 0. The molecule has 0 aliphatic heterocycles. The maximum Gasteiger partial charge on any atom is 0.200 e. The lowest BCUT2D eigenvalue weighted by molar-refractivity contribution is -0.171. The number of aromatic hydroxyl groups is 2. The number of carbonyl (C=O) groups is 3. The van der Waals surface area contributed by atoms with Crippen LogP contribution in [0.3, 0.4) is 0 Å². The third kappa shape index (κ3) is 4.90. The van der Waals surface area contributed by atoms with E-state index in [1.807, 2.05) is 67.5 Å². The molecule has 3 N–H and O–H groups in total. The molecule has 3 atom stereocenters. The molecular formula is C33H42O6. The standard InChI is InChI=1S/C33H42O6/c1-19(2)9-11-23-18-32(15-13-20(3)4)28(37)26(27(36)22-10-12-24(34)25(35)17-22)29(38)33(30(32)39,31(23,7)8)16-14-21(5)6/h9-10,12-14,17,23,34-35,37H,11,15-16,18H2,1-8H3/t23-,32+,33-/m1/s1. The van der Waals surface area contributed by atoms with Gasteiger partial charge in [-0.2, -0.15) is 0 Å². The van der Waals surface area contributed by atoms with Crippen LogP contribution in [0.15, 0.2) is 64.5 Å². The first-order valence-electron chi connectivity index (χ1n) is 13.5. The van der Waals surface area contributed by atoms with Crippen LogP contribution < -0.4 is 0 Å². The molecule has 0 unspecified atom stereocenters. The summed E-state index contributed by atoms with van der Waals surface area (Å²) in [6.07, 6.45) is 7.09. The van der Waals surface area contributed by atoms with E-state index in [2.05, 4.69) is 6.08 Å². The molecule has 6 heteroatoms. The highest BCUT2D eigenvalue weighted by Crippen LogP contribution is 2.66. The van der Waals surface area contributed by atoms with Crippen LogP contribution in [0.1, 0.15) is 91.4 Å². The largest absolute Gasteiger partial charge is 0.510 e. The Morgan fingerprint density at radius 2 is 1.44 bits per heavy atom. The minimum Gasteiger partial charge on any atom is -0.510 e. The molecule has 0 saturated heterocycles. The second-order valence-electron chi connectivity index (χ2n) is 12.5. The van der Waals surface area contributed by atoms with E-state index in [0.717, 1.165) is 28.9 Å². The fourth-order valence-electron chi connectivity index (χ4n) is 6.21. The number of aliphatic hydroxyl groups excluding tert-OH is 1. The molecule has 39 heavy (non-hydrogen) atoms. The molecule has 1 saturated carbocycles. The Morgan fingerprint density at radius 3 is 1.97 bits per heavy atom. The minimum absolute atomic E-state index is 0.0544. The molecule has 3 rings (SSSR count). The summed E-state index contributed by atoms with van der Waals surface area (Å²) < 4.78 is 0. The molecule has 1 aromatic carbocycles. The number of allylic oxidation sites excluding steroid dienone is 8. The molecule has 0 spiro atoms. The number of ketones is 3. The fraction of sp³-hybridized carbons (Fsp3) is 0.485. The van der Waals surface area contributed by atoms with Gasteiger partial charge in [-0.1, -0.05) is 48.8 Å². The van der Waals surface area contributed by atoms with E-state index in [4.69, 9.17) is 0 Å². The van der Waals surface area contributed by atoms with Crippen molar-refractivity contribution in [3.8, 4) is 11.5 Å². The van der Waals surface area contributed by atoms with Gasteiger partial charge in [-0.25, -0.2) is 0 Å². The Hall–Kier alpha value is -3.41. The number of fused-ring (bicyclic) bond motifs is 2. The van der Waals surface area contributed by atoms with Crippen molar-refractivity contribution in [2.75, 3.05) is 0 Å². The number of Topliss-reactive ketones (excluding diaryl/α,β-unsaturated/α-hetero) is 3. The summed E-state index contributed by atoms with van der Waals surface area (Å²) in [5, 5.41) is 31.7. The van der Waals surface area contributed by atoms with E-state index in [9.17, 15) is 29.7 Å². The number of hydrogen-bond donors (Lipinski definition) is 3.